The Morgan fingerprint density at radius 1 is 0.429 bits per heavy atom. The molecule has 0 saturated heterocycles. The molecule has 6 aromatic rings. The fraction of sp³-hybridized carbons (Fsp3) is 0.176. The number of hydrogen-bond acceptors (Lipinski definition) is 10. The number of carbonyl (C=O) groups is 6. The molecule has 4 N–H and O–H groups in total. The van der Waals surface area contributed by atoms with Crippen LogP contribution in [0.1, 0.15) is 137 Å². The van der Waals surface area contributed by atoms with Crippen LogP contribution in [0.4, 0.5) is 0 Å². The Morgan fingerprint density at radius 2 is 0.778 bits per heavy atom. The lowest BCUT2D eigenvalue weighted by Crippen LogP contribution is -2.35. The molecule has 318 valence electrons. The van der Waals surface area contributed by atoms with Crippen LogP contribution in [-0.4, -0.2) is 56.2 Å². The van der Waals surface area contributed by atoms with Crippen molar-refractivity contribution in [2.24, 2.45) is 0 Å². The van der Waals surface area contributed by atoms with E-state index in [0.717, 1.165) is 34.4 Å². The Bertz CT molecular complexity index is 2730. The Kier molecular flexibility index (Phi) is 10.9. The van der Waals surface area contributed by atoms with Gasteiger partial charge in [0.25, 0.3) is 0 Å². The highest BCUT2D eigenvalue weighted by Crippen LogP contribution is 2.59. The van der Waals surface area contributed by atoms with E-state index < -0.39 is 41.2 Å². The van der Waals surface area contributed by atoms with E-state index in [9.17, 15) is 39.0 Å². The standard InChI is InChI=1S/C33H34O2.2C9H4O5/c1-31(2,3)29-19-21(34)15-17-27(29)33(28-18-16-22(35)20-30(28)32(4,5)6)25-13-9-7-11-23(25)24-12-8-10-14-26(24)33;2*10-7(11)4-1-2-5-6(3-4)9(13)14-8(5)12/h7-20,34-35H,1-6H3;2*1-3H,(H,10,11). The molecule has 9 rings (SSSR count). The van der Waals surface area contributed by atoms with Crippen LogP contribution < -0.4 is 0 Å². The average Bonchev–Trinajstić information content (AvgIpc) is 3.81. The van der Waals surface area contributed by atoms with Gasteiger partial charge in [0.15, 0.2) is 0 Å². The first-order valence-electron chi connectivity index (χ1n) is 19.8. The molecule has 0 bridgehead atoms. The van der Waals surface area contributed by atoms with Crippen LogP contribution in [0.5, 0.6) is 11.5 Å². The molecule has 12 nitrogen and oxygen atoms in total. The van der Waals surface area contributed by atoms with Gasteiger partial charge in [-0.2, -0.15) is 0 Å². The predicted molar refractivity (Wildman–Crippen MR) is 231 cm³/mol. The summed E-state index contributed by atoms with van der Waals surface area (Å²) in [6.07, 6.45) is 0. The summed E-state index contributed by atoms with van der Waals surface area (Å²) in [5, 5.41) is 38.4. The number of cyclic esters (lactones) is 4. The van der Waals surface area contributed by atoms with Crippen LogP contribution in [-0.2, 0) is 25.7 Å². The van der Waals surface area contributed by atoms with Gasteiger partial charge in [0.1, 0.15) is 11.5 Å². The third-order valence-corrected chi connectivity index (χ3v) is 11.2. The highest BCUT2D eigenvalue weighted by molar-refractivity contribution is 6.16. The van der Waals surface area contributed by atoms with Crippen molar-refractivity contribution in [3.63, 3.8) is 0 Å². The van der Waals surface area contributed by atoms with Crippen LogP contribution >= 0.6 is 0 Å². The molecule has 12 heteroatoms. The molecule has 6 aromatic carbocycles. The molecular formula is C51H42O12. The predicted octanol–water partition coefficient (Wildman–Crippen LogP) is 9.45. The molecule has 0 radical (unpaired) electrons. The summed E-state index contributed by atoms with van der Waals surface area (Å²) in [5.41, 5.74) is 8.60. The molecule has 3 aliphatic rings. The second-order valence-electron chi connectivity index (χ2n) is 17.3. The summed E-state index contributed by atoms with van der Waals surface area (Å²) in [5.74, 6) is -4.82. The number of hydrogen-bond donors (Lipinski definition) is 4. The highest BCUT2D eigenvalue weighted by Gasteiger charge is 2.49. The summed E-state index contributed by atoms with van der Waals surface area (Å²) in [4.78, 5) is 65.1. The second-order valence-corrected chi connectivity index (χ2v) is 17.3. The number of carboxylic acids is 2. The lowest BCUT2D eigenvalue weighted by atomic mass is 9.61. The van der Waals surface area contributed by atoms with Crippen molar-refractivity contribution < 1.29 is 58.7 Å². The highest BCUT2D eigenvalue weighted by atomic mass is 16.6. The minimum absolute atomic E-state index is 0.00917. The smallest absolute Gasteiger partial charge is 0.346 e. The van der Waals surface area contributed by atoms with Crippen LogP contribution in [0, 0.1) is 0 Å². The molecule has 0 spiro atoms. The van der Waals surface area contributed by atoms with E-state index in [1.54, 1.807) is 0 Å². The maximum Gasteiger partial charge on any atom is 0.346 e. The molecule has 63 heavy (non-hydrogen) atoms. The topological polar surface area (TPSA) is 202 Å². The number of phenols is 2. The van der Waals surface area contributed by atoms with Gasteiger partial charge in [-0.15, -0.1) is 0 Å². The Balaban J connectivity index is 0.000000173. The van der Waals surface area contributed by atoms with E-state index >= 15 is 0 Å². The molecule has 0 fully saturated rings. The molecule has 1 aliphatic carbocycles. The number of rotatable bonds is 4. The van der Waals surface area contributed by atoms with Gasteiger partial charge in [0, 0.05) is 0 Å². The van der Waals surface area contributed by atoms with Crippen LogP contribution in [0.25, 0.3) is 11.1 Å². The number of ether oxygens (including phenoxy) is 2. The quantitative estimate of drug-likeness (QED) is 0.0967. The van der Waals surface area contributed by atoms with E-state index in [1.807, 2.05) is 24.3 Å². The van der Waals surface area contributed by atoms with Crippen molar-refractivity contribution >= 4 is 35.8 Å². The fourth-order valence-corrected chi connectivity index (χ4v) is 8.36. The molecule has 0 unspecified atom stereocenters. The lowest BCUT2D eigenvalue weighted by Gasteiger charge is -2.41. The molecule has 0 aromatic heterocycles. The van der Waals surface area contributed by atoms with E-state index in [0.29, 0.717) is 0 Å². The number of phenolic OH excluding ortho intramolecular Hbond substituents is 2. The summed E-state index contributed by atoms with van der Waals surface area (Å²) < 4.78 is 8.59. The van der Waals surface area contributed by atoms with Crippen LogP contribution in [0.2, 0.25) is 0 Å². The molecule has 2 heterocycles. The summed E-state index contributed by atoms with van der Waals surface area (Å²) in [6, 6.07) is 36.4. The van der Waals surface area contributed by atoms with Gasteiger partial charge in [-0.25, -0.2) is 28.8 Å². The number of benzene rings is 6. The third-order valence-electron chi connectivity index (χ3n) is 11.2. The van der Waals surface area contributed by atoms with Crippen LogP contribution in [0.15, 0.2) is 121 Å². The molecule has 0 saturated carbocycles. The summed E-state index contributed by atoms with van der Waals surface area (Å²) >= 11 is 0. The first-order chi connectivity index (χ1) is 29.6. The zero-order chi connectivity index (χ0) is 45.8. The third kappa shape index (κ3) is 7.71. The first kappa shape index (κ1) is 43.2. The van der Waals surface area contributed by atoms with Gasteiger partial charge in [0.2, 0.25) is 0 Å². The second kappa shape index (κ2) is 15.9. The number of carboxylic acid groups (broad SMARTS) is 2. The van der Waals surface area contributed by atoms with Gasteiger partial charge in [-0.05, 0) is 116 Å². The molecule has 0 amide bonds. The van der Waals surface area contributed by atoms with E-state index in [-0.39, 0.29) is 55.7 Å². The summed E-state index contributed by atoms with van der Waals surface area (Å²) in [6.45, 7) is 13.2. The van der Waals surface area contributed by atoms with Crippen molar-refractivity contribution in [2.75, 3.05) is 0 Å². The lowest BCUT2D eigenvalue weighted by molar-refractivity contribution is 0.0425. The van der Waals surface area contributed by atoms with Crippen molar-refractivity contribution in [2.45, 2.75) is 57.8 Å². The first-order valence-corrected chi connectivity index (χ1v) is 19.8. The van der Waals surface area contributed by atoms with Gasteiger partial charge >= 0.3 is 35.8 Å². The zero-order valence-electron chi connectivity index (χ0n) is 35.1. The number of fused-ring (bicyclic) bond motifs is 5. The van der Waals surface area contributed by atoms with E-state index in [2.05, 4.69) is 112 Å². The van der Waals surface area contributed by atoms with E-state index in [1.165, 1.54) is 46.5 Å². The average molecular weight is 847 g/mol. The minimum Gasteiger partial charge on any atom is -0.508 e. The Labute approximate surface area is 362 Å². The SMILES string of the molecule is CC(C)(C)c1cc(O)ccc1C1(c2ccc(O)cc2C(C)(C)C)c2ccccc2-c2ccccc21.O=C(O)c1ccc2c(c1)C(=O)OC2=O.O=C(O)c1ccc2c(c1)C(=O)OC2=O. The maximum atomic E-state index is 11.0. The molecular weight excluding hydrogens is 805 g/mol. The number of carbonyl (C=O) groups excluding carboxylic acids is 4. The largest absolute Gasteiger partial charge is 0.508 e. The molecule has 2 aliphatic heterocycles. The normalized spacial score (nSPS) is 14.1. The van der Waals surface area contributed by atoms with Gasteiger partial charge < -0.3 is 29.9 Å². The molecule has 0 atom stereocenters. The van der Waals surface area contributed by atoms with Gasteiger partial charge in [-0.3, -0.25) is 0 Å². The minimum atomic E-state index is -1.15. The van der Waals surface area contributed by atoms with Crippen molar-refractivity contribution in [3.8, 4) is 22.6 Å². The Hall–Kier alpha value is -7.86. The van der Waals surface area contributed by atoms with Crippen molar-refractivity contribution in [3.05, 3.63) is 188 Å². The number of esters is 4. The monoisotopic (exact) mass is 846 g/mol. The number of aromatic hydroxyl groups is 2. The maximum absolute atomic E-state index is 11.0. The summed E-state index contributed by atoms with van der Waals surface area (Å²) in [7, 11) is 0. The Morgan fingerprint density at radius 3 is 1.13 bits per heavy atom. The van der Waals surface area contributed by atoms with Crippen molar-refractivity contribution in [1.82, 2.24) is 0 Å². The number of aromatic carboxylic acids is 2. The fourth-order valence-electron chi connectivity index (χ4n) is 8.36. The van der Waals surface area contributed by atoms with Crippen LogP contribution in [0.3, 0.4) is 0 Å². The zero-order valence-corrected chi connectivity index (χ0v) is 35.1. The van der Waals surface area contributed by atoms with Gasteiger partial charge in [0.05, 0.1) is 38.8 Å². The van der Waals surface area contributed by atoms with E-state index in [4.69, 9.17) is 10.2 Å². The van der Waals surface area contributed by atoms with Crippen molar-refractivity contribution in [1.29, 1.82) is 0 Å². The van der Waals surface area contributed by atoms with Gasteiger partial charge in [-0.1, -0.05) is 102 Å².